The summed E-state index contributed by atoms with van der Waals surface area (Å²) in [6, 6.07) is 57.0. The van der Waals surface area contributed by atoms with E-state index in [9.17, 15) is 0 Å². The molecule has 56 heavy (non-hydrogen) atoms. The first-order valence-electron chi connectivity index (χ1n) is 20.1. The van der Waals surface area contributed by atoms with E-state index in [0.717, 1.165) is 6.42 Å². The van der Waals surface area contributed by atoms with Crippen molar-refractivity contribution in [3.63, 3.8) is 0 Å². The Hall–Kier alpha value is -6.38. The monoisotopic (exact) mass is 718 g/mol. The lowest BCUT2D eigenvalue weighted by Gasteiger charge is -2.32. The van der Waals surface area contributed by atoms with Crippen LogP contribution in [0.4, 0.5) is 0 Å². The van der Waals surface area contributed by atoms with Crippen LogP contribution in [0, 0.1) is 5.92 Å². The summed E-state index contributed by atoms with van der Waals surface area (Å²) in [5.41, 5.74) is 20.0. The molecule has 2 nitrogen and oxygen atoms in total. The standard InChI is InChI=1S/C54H42N2/c1-53(2)45-17-9-5-13-37(45)39-25-23-35(31-47(39)53)55-49-19-11-7-15-41(49)43-29-33(21-27-51(43)55)34-22-28-52-44(30-34)42-16-8-12-20-50(42)56(52)36-24-26-40-38-14-6-10-18-46(38)54(3,4)48(40)32-36/h5-31,48H,32H2,1-4H3. The summed E-state index contributed by atoms with van der Waals surface area (Å²) in [7, 11) is 0. The van der Waals surface area contributed by atoms with Crippen LogP contribution >= 0.6 is 0 Å². The van der Waals surface area contributed by atoms with Crippen LogP contribution in [0.15, 0.2) is 164 Å². The molecule has 1 atom stereocenters. The Morgan fingerprint density at radius 1 is 0.446 bits per heavy atom. The Bertz CT molecular complexity index is 3230. The van der Waals surface area contributed by atoms with E-state index < -0.39 is 0 Å². The lowest BCUT2D eigenvalue weighted by atomic mass is 9.74. The Morgan fingerprint density at radius 3 is 1.71 bits per heavy atom. The van der Waals surface area contributed by atoms with Crippen molar-refractivity contribution in [2.75, 3.05) is 0 Å². The molecule has 3 aliphatic carbocycles. The zero-order valence-electron chi connectivity index (χ0n) is 32.3. The van der Waals surface area contributed by atoms with Crippen LogP contribution in [0.3, 0.4) is 0 Å². The molecule has 268 valence electrons. The van der Waals surface area contributed by atoms with Gasteiger partial charge in [0.25, 0.3) is 0 Å². The van der Waals surface area contributed by atoms with Crippen molar-refractivity contribution in [1.82, 2.24) is 9.13 Å². The minimum absolute atomic E-state index is 0.0538. The molecule has 12 rings (SSSR count). The number of benzene rings is 7. The van der Waals surface area contributed by atoms with Crippen molar-refractivity contribution in [2.24, 2.45) is 5.92 Å². The van der Waals surface area contributed by atoms with Crippen molar-refractivity contribution >= 4 is 54.9 Å². The van der Waals surface area contributed by atoms with Crippen LogP contribution in [0.5, 0.6) is 0 Å². The quantitative estimate of drug-likeness (QED) is 0.172. The van der Waals surface area contributed by atoms with Crippen molar-refractivity contribution in [1.29, 1.82) is 0 Å². The second kappa shape index (κ2) is 11.1. The van der Waals surface area contributed by atoms with Crippen LogP contribution in [-0.4, -0.2) is 9.13 Å². The molecule has 0 spiro atoms. The first-order chi connectivity index (χ1) is 27.3. The molecule has 2 aromatic heterocycles. The highest BCUT2D eigenvalue weighted by atomic mass is 15.0. The van der Waals surface area contributed by atoms with Crippen LogP contribution < -0.4 is 0 Å². The number of hydrogen-bond donors (Lipinski definition) is 0. The molecule has 0 amide bonds. The van der Waals surface area contributed by atoms with E-state index in [4.69, 9.17) is 0 Å². The van der Waals surface area contributed by atoms with Crippen LogP contribution in [0.2, 0.25) is 0 Å². The minimum Gasteiger partial charge on any atom is -0.313 e. The first kappa shape index (κ1) is 31.9. The molecule has 3 aliphatic rings. The summed E-state index contributed by atoms with van der Waals surface area (Å²) < 4.78 is 5.00. The number of nitrogens with zero attached hydrogens (tertiary/aromatic N) is 2. The maximum absolute atomic E-state index is 2.54. The number of aromatic nitrogens is 2. The van der Waals surface area contributed by atoms with Crippen molar-refractivity contribution in [3.8, 4) is 27.9 Å². The molecule has 7 aromatic carbocycles. The van der Waals surface area contributed by atoms with Gasteiger partial charge in [0.1, 0.15) is 0 Å². The first-order valence-corrected chi connectivity index (χ1v) is 20.1. The summed E-state index contributed by atoms with van der Waals surface area (Å²) in [6.07, 6.45) is 5.80. The van der Waals surface area contributed by atoms with Gasteiger partial charge >= 0.3 is 0 Å². The van der Waals surface area contributed by atoms with Gasteiger partial charge in [0.2, 0.25) is 0 Å². The molecule has 1 unspecified atom stereocenters. The summed E-state index contributed by atoms with van der Waals surface area (Å²) in [4.78, 5) is 0. The van der Waals surface area contributed by atoms with Gasteiger partial charge in [-0.25, -0.2) is 0 Å². The van der Waals surface area contributed by atoms with E-state index in [1.54, 1.807) is 0 Å². The molecule has 2 heteroatoms. The van der Waals surface area contributed by atoms with Gasteiger partial charge in [-0.05, 0) is 122 Å². The van der Waals surface area contributed by atoms with Gasteiger partial charge in [0, 0.05) is 38.3 Å². The summed E-state index contributed by atoms with van der Waals surface area (Å²) in [5, 5.41) is 5.15. The van der Waals surface area contributed by atoms with Crippen molar-refractivity contribution in [2.45, 2.75) is 44.9 Å². The smallest absolute Gasteiger partial charge is 0.0541 e. The Morgan fingerprint density at radius 2 is 1.00 bits per heavy atom. The van der Waals surface area contributed by atoms with Crippen LogP contribution in [0.25, 0.3) is 82.8 Å². The van der Waals surface area contributed by atoms with E-state index in [1.807, 2.05) is 0 Å². The molecule has 0 aliphatic heterocycles. The van der Waals surface area contributed by atoms with E-state index >= 15 is 0 Å². The van der Waals surface area contributed by atoms with Crippen LogP contribution in [-0.2, 0) is 10.8 Å². The molecule has 9 aromatic rings. The average Bonchev–Trinajstić information content (AvgIpc) is 3.89. The fourth-order valence-electron chi connectivity index (χ4n) is 11.0. The number of hydrogen-bond acceptors (Lipinski definition) is 0. The highest BCUT2D eigenvalue weighted by Gasteiger charge is 2.44. The Balaban J connectivity index is 0.984. The third-order valence-corrected chi connectivity index (χ3v) is 13.8. The summed E-state index contributed by atoms with van der Waals surface area (Å²) in [5.74, 6) is 0.448. The second-order valence-electron chi connectivity index (χ2n) is 17.4. The minimum atomic E-state index is -0.0538. The molecule has 0 bridgehead atoms. The fourth-order valence-corrected chi connectivity index (χ4v) is 11.0. The molecule has 0 N–H and O–H groups in total. The van der Waals surface area contributed by atoms with E-state index in [2.05, 4.69) is 201 Å². The summed E-state index contributed by atoms with van der Waals surface area (Å²) in [6.45, 7) is 9.58. The molecular weight excluding hydrogens is 677 g/mol. The molecule has 0 fully saturated rings. The van der Waals surface area contributed by atoms with Crippen molar-refractivity contribution < 1.29 is 0 Å². The second-order valence-corrected chi connectivity index (χ2v) is 17.4. The SMILES string of the molecule is CC1(C)c2ccccc2-c2ccc(-n3c4ccccc4c4cc(-c5ccc6c(c5)c5ccccc5n6C5=CC=C6c7ccccc7C(C)(C)C6C5)ccc43)cc21. The Kier molecular flexibility index (Phi) is 6.33. The van der Waals surface area contributed by atoms with Gasteiger partial charge < -0.3 is 9.13 Å². The molecular formula is C54H42N2. The highest BCUT2D eigenvalue weighted by molar-refractivity contribution is 6.13. The van der Waals surface area contributed by atoms with Gasteiger partial charge in [-0.3, -0.25) is 0 Å². The number of fused-ring (bicyclic) bond motifs is 12. The largest absolute Gasteiger partial charge is 0.313 e. The fraction of sp³-hybridized carbons (Fsp3) is 0.148. The lowest BCUT2D eigenvalue weighted by Crippen LogP contribution is -2.25. The zero-order valence-corrected chi connectivity index (χ0v) is 32.3. The number of rotatable bonds is 3. The van der Waals surface area contributed by atoms with Gasteiger partial charge in [-0.1, -0.05) is 137 Å². The predicted molar refractivity (Wildman–Crippen MR) is 237 cm³/mol. The highest BCUT2D eigenvalue weighted by Crippen LogP contribution is 2.55. The normalized spacial score (nSPS) is 17.5. The third-order valence-electron chi connectivity index (χ3n) is 13.8. The summed E-state index contributed by atoms with van der Waals surface area (Å²) >= 11 is 0. The third kappa shape index (κ3) is 4.17. The molecule has 0 radical (unpaired) electrons. The van der Waals surface area contributed by atoms with Gasteiger partial charge in [-0.15, -0.1) is 0 Å². The molecule has 0 saturated carbocycles. The lowest BCUT2D eigenvalue weighted by molar-refractivity contribution is 0.415. The van der Waals surface area contributed by atoms with Gasteiger partial charge in [0.05, 0.1) is 22.1 Å². The molecule has 0 saturated heterocycles. The average molecular weight is 719 g/mol. The topological polar surface area (TPSA) is 9.86 Å². The maximum atomic E-state index is 2.54. The van der Waals surface area contributed by atoms with Crippen molar-refractivity contribution in [3.05, 3.63) is 186 Å². The number of para-hydroxylation sites is 2. The number of allylic oxidation sites excluding steroid dienone is 4. The van der Waals surface area contributed by atoms with E-state index in [-0.39, 0.29) is 10.8 Å². The van der Waals surface area contributed by atoms with Crippen LogP contribution in [0.1, 0.15) is 56.4 Å². The van der Waals surface area contributed by atoms with Gasteiger partial charge in [0.15, 0.2) is 0 Å². The maximum Gasteiger partial charge on any atom is 0.0541 e. The predicted octanol–water partition coefficient (Wildman–Crippen LogP) is 14.1. The Labute approximate surface area is 327 Å². The molecule has 2 heterocycles. The van der Waals surface area contributed by atoms with Gasteiger partial charge in [-0.2, -0.15) is 0 Å². The van der Waals surface area contributed by atoms with E-state index in [0.29, 0.717) is 5.92 Å². The zero-order chi connectivity index (χ0) is 37.5. The van der Waals surface area contributed by atoms with E-state index in [1.165, 1.54) is 105 Å².